The number of primary amides is 1. The third-order valence-electron chi connectivity index (χ3n) is 2.18. The Bertz CT molecular complexity index is 202. The van der Waals surface area contributed by atoms with E-state index in [0.717, 1.165) is 31.4 Å². The van der Waals surface area contributed by atoms with Crippen LogP contribution in [0.2, 0.25) is 0 Å². The zero-order chi connectivity index (χ0) is 11.5. The number of hydrazone groups is 1. The molecule has 0 spiro atoms. The van der Waals surface area contributed by atoms with Gasteiger partial charge in [-0.15, -0.1) is 0 Å². The fourth-order valence-electron chi connectivity index (χ4n) is 1.42. The molecule has 2 amide bonds. The van der Waals surface area contributed by atoms with Crippen LogP contribution in [0.25, 0.3) is 0 Å². The summed E-state index contributed by atoms with van der Waals surface area (Å²) in [5.74, 6) is 0. The lowest BCUT2D eigenvalue weighted by Crippen LogP contribution is -2.25. The van der Waals surface area contributed by atoms with Gasteiger partial charge in [-0.2, -0.15) is 5.10 Å². The summed E-state index contributed by atoms with van der Waals surface area (Å²) in [6.45, 7) is 4.29. The molecule has 0 aliphatic rings. The lowest BCUT2D eigenvalue weighted by atomic mass is 10.1. The van der Waals surface area contributed by atoms with Gasteiger partial charge in [-0.25, -0.2) is 10.2 Å². The molecule has 4 heteroatoms. The van der Waals surface area contributed by atoms with Gasteiger partial charge in [-0.05, 0) is 19.3 Å². The van der Waals surface area contributed by atoms with Gasteiger partial charge in [-0.1, -0.05) is 39.5 Å². The van der Waals surface area contributed by atoms with Crippen molar-refractivity contribution in [1.29, 1.82) is 0 Å². The lowest BCUT2D eigenvalue weighted by molar-refractivity contribution is 0.249. The van der Waals surface area contributed by atoms with E-state index in [9.17, 15) is 4.79 Å². The molecule has 3 N–H and O–H groups in total. The van der Waals surface area contributed by atoms with Gasteiger partial charge < -0.3 is 5.73 Å². The van der Waals surface area contributed by atoms with Crippen LogP contribution in [-0.2, 0) is 0 Å². The predicted octanol–water partition coefficient (Wildman–Crippen LogP) is 2.78. The number of nitrogens with one attached hydrogen (secondary N) is 1. The molecule has 0 aromatic rings. The van der Waals surface area contributed by atoms with E-state index in [-0.39, 0.29) is 0 Å². The topological polar surface area (TPSA) is 67.5 Å². The van der Waals surface area contributed by atoms with E-state index >= 15 is 0 Å². The van der Waals surface area contributed by atoms with Crippen LogP contribution in [0.1, 0.15) is 58.8 Å². The van der Waals surface area contributed by atoms with Crippen molar-refractivity contribution in [3.05, 3.63) is 0 Å². The summed E-state index contributed by atoms with van der Waals surface area (Å²) in [6.07, 6.45) is 7.83. The first-order chi connectivity index (χ1) is 7.20. The predicted molar refractivity (Wildman–Crippen MR) is 63.8 cm³/mol. The van der Waals surface area contributed by atoms with Gasteiger partial charge in [0.1, 0.15) is 0 Å². The van der Waals surface area contributed by atoms with Gasteiger partial charge in [0.25, 0.3) is 0 Å². The Morgan fingerprint density at radius 3 is 2.40 bits per heavy atom. The van der Waals surface area contributed by atoms with Crippen molar-refractivity contribution < 1.29 is 4.79 Å². The number of carbonyl (C=O) groups is 1. The number of urea groups is 1. The zero-order valence-corrected chi connectivity index (χ0v) is 9.88. The molecule has 88 valence electrons. The van der Waals surface area contributed by atoms with Crippen molar-refractivity contribution in [2.24, 2.45) is 10.8 Å². The Hall–Kier alpha value is -1.06. The van der Waals surface area contributed by atoms with Crippen molar-refractivity contribution in [3.63, 3.8) is 0 Å². The molecule has 0 aromatic carbocycles. The SMILES string of the molecule is CCCCCC/C(CCC)=N/NC(N)=O. The summed E-state index contributed by atoms with van der Waals surface area (Å²) < 4.78 is 0. The number of carbonyl (C=O) groups excluding carboxylic acids is 1. The molecule has 15 heavy (non-hydrogen) atoms. The lowest BCUT2D eigenvalue weighted by Gasteiger charge is -2.04. The number of amides is 2. The molecule has 0 saturated carbocycles. The Morgan fingerprint density at radius 1 is 1.13 bits per heavy atom. The average molecular weight is 213 g/mol. The molecule has 0 radical (unpaired) electrons. The summed E-state index contributed by atoms with van der Waals surface area (Å²) in [6, 6.07) is -0.586. The minimum atomic E-state index is -0.586. The second-order valence-electron chi connectivity index (χ2n) is 3.71. The molecule has 0 fully saturated rings. The van der Waals surface area contributed by atoms with Crippen LogP contribution in [-0.4, -0.2) is 11.7 Å². The Morgan fingerprint density at radius 2 is 1.87 bits per heavy atom. The molecule has 0 bridgehead atoms. The summed E-state index contributed by atoms with van der Waals surface area (Å²) in [5, 5.41) is 4.00. The van der Waals surface area contributed by atoms with Crippen LogP contribution >= 0.6 is 0 Å². The molecule has 0 heterocycles. The molecule has 0 aromatic heterocycles. The highest BCUT2D eigenvalue weighted by Gasteiger charge is 1.99. The van der Waals surface area contributed by atoms with E-state index in [1.54, 1.807) is 0 Å². The number of hydrogen-bond donors (Lipinski definition) is 2. The standard InChI is InChI=1S/C11H23N3O/c1-3-5-6-7-9-10(8-4-2)13-14-11(12)15/h3-9H2,1-2H3,(H3,12,14,15)/b13-10+. The summed E-state index contributed by atoms with van der Waals surface area (Å²) in [7, 11) is 0. The normalized spacial score (nSPS) is 11.5. The smallest absolute Gasteiger partial charge is 0.332 e. The highest BCUT2D eigenvalue weighted by atomic mass is 16.2. The van der Waals surface area contributed by atoms with Gasteiger partial charge in [0.15, 0.2) is 0 Å². The monoisotopic (exact) mass is 213 g/mol. The van der Waals surface area contributed by atoms with Crippen LogP contribution in [0.5, 0.6) is 0 Å². The van der Waals surface area contributed by atoms with Gasteiger partial charge in [0.05, 0.1) is 0 Å². The quantitative estimate of drug-likeness (QED) is 0.363. The van der Waals surface area contributed by atoms with Crippen molar-refractivity contribution in [2.75, 3.05) is 0 Å². The minimum absolute atomic E-state index is 0.586. The van der Waals surface area contributed by atoms with E-state index in [2.05, 4.69) is 24.4 Å². The molecule has 0 unspecified atom stereocenters. The van der Waals surface area contributed by atoms with Crippen LogP contribution < -0.4 is 11.2 Å². The van der Waals surface area contributed by atoms with Crippen LogP contribution in [0.4, 0.5) is 4.79 Å². The number of nitrogens with two attached hydrogens (primary N) is 1. The number of nitrogens with zero attached hydrogens (tertiary/aromatic N) is 1. The minimum Gasteiger partial charge on any atom is -0.350 e. The molecular weight excluding hydrogens is 190 g/mol. The average Bonchev–Trinajstić information content (AvgIpc) is 2.20. The van der Waals surface area contributed by atoms with E-state index in [1.165, 1.54) is 19.3 Å². The molecule has 4 nitrogen and oxygen atoms in total. The van der Waals surface area contributed by atoms with Crippen molar-refractivity contribution in [3.8, 4) is 0 Å². The highest BCUT2D eigenvalue weighted by Crippen LogP contribution is 2.06. The highest BCUT2D eigenvalue weighted by molar-refractivity contribution is 5.85. The van der Waals surface area contributed by atoms with Gasteiger partial charge in [0, 0.05) is 5.71 Å². The maximum absolute atomic E-state index is 10.5. The largest absolute Gasteiger partial charge is 0.350 e. The second-order valence-corrected chi connectivity index (χ2v) is 3.71. The third-order valence-corrected chi connectivity index (χ3v) is 2.18. The number of unbranched alkanes of at least 4 members (excludes halogenated alkanes) is 3. The first-order valence-corrected chi connectivity index (χ1v) is 5.81. The Labute approximate surface area is 92.3 Å². The molecular formula is C11H23N3O. The molecule has 0 saturated heterocycles. The first kappa shape index (κ1) is 13.9. The van der Waals surface area contributed by atoms with Gasteiger partial charge in [-0.3, -0.25) is 0 Å². The summed E-state index contributed by atoms with van der Waals surface area (Å²) >= 11 is 0. The fraction of sp³-hybridized carbons (Fsp3) is 0.818. The van der Waals surface area contributed by atoms with E-state index in [0.29, 0.717) is 0 Å². The zero-order valence-electron chi connectivity index (χ0n) is 9.88. The van der Waals surface area contributed by atoms with Crippen LogP contribution in [0.3, 0.4) is 0 Å². The molecule has 0 aliphatic heterocycles. The maximum atomic E-state index is 10.5. The van der Waals surface area contributed by atoms with E-state index in [1.807, 2.05) is 0 Å². The first-order valence-electron chi connectivity index (χ1n) is 5.81. The van der Waals surface area contributed by atoms with E-state index in [4.69, 9.17) is 5.73 Å². The van der Waals surface area contributed by atoms with Gasteiger partial charge >= 0.3 is 6.03 Å². The second kappa shape index (κ2) is 9.49. The van der Waals surface area contributed by atoms with Crippen LogP contribution in [0.15, 0.2) is 5.10 Å². The fourth-order valence-corrected chi connectivity index (χ4v) is 1.42. The van der Waals surface area contributed by atoms with Crippen molar-refractivity contribution >= 4 is 11.7 Å². The summed E-state index contributed by atoms with van der Waals surface area (Å²) in [5.41, 5.74) is 8.30. The third kappa shape index (κ3) is 9.25. The molecule has 0 aliphatic carbocycles. The summed E-state index contributed by atoms with van der Waals surface area (Å²) in [4.78, 5) is 10.5. The van der Waals surface area contributed by atoms with Crippen molar-refractivity contribution in [1.82, 2.24) is 5.43 Å². The van der Waals surface area contributed by atoms with Crippen molar-refractivity contribution in [2.45, 2.75) is 58.8 Å². The molecule has 0 atom stereocenters. The Kier molecular flexibility index (Phi) is 8.82. The number of hydrogen-bond acceptors (Lipinski definition) is 2. The number of rotatable bonds is 8. The maximum Gasteiger partial charge on any atom is 0.332 e. The van der Waals surface area contributed by atoms with Crippen LogP contribution in [0, 0.1) is 0 Å². The van der Waals surface area contributed by atoms with E-state index < -0.39 is 6.03 Å². The van der Waals surface area contributed by atoms with Gasteiger partial charge in [0.2, 0.25) is 0 Å². The Balaban J connectivity index is 3.81. The molecule has 0 rings (SSSR count).